The molecule has 5 rings (SSSR count). The predicted octanol–water partition coefficient (Wildman–Crippen LogP) is 5.36. The van der Waals surface area contributed by atoms with Crippen molar-refractivity contribution in [3.8, 4) is 0 Å². The van der Waals surface area contributed by atoms with Crippen LogP contribution in [0.25, 0.3) is 0 Å². The van der Waals surface area contributed by atoms with E-state index in [1.165, 1.54) is 63.9 Å². The van der Waals surface area contributed by atoms with Crippen LogP contribution >= 0.6 is 0 Å². The van der Waals surface area contributed by atoms with Crippen molar-refractivity contribution < 1.29 is 29.6 Å². The first-order chi connectivity index (χ1) is 19.9. The van der Waals surface area contributed by atoms with Crippen molar-refractivity contribution in [1.29, 1.82) is 0 Å². The van der Waals surface area contributed by atoms with Crippen LogP contribution in [0.4, 0.5) is 0 Å². The molecule has 0 radical (unpaired) electrons. The number of hydrogen-bond acceptors (Lipinski definition) is 6. The van der Waals surface area contributed by atoms with E-state index in [9.17, 15) is 20.1 Å². The van der Waals surface area contributed by atoms with Crippen molar-refractivity contribution in [1.82, 2.24) is 5.32 Å². The number of aliphatic hydroxyl groups excluding tert-OH is 3. The zero-order chi connectivity index (χ0) is 30.4. The molecular formula is C35H59NO6. The van der Waals surface area contributed by atoms with Gasteiger partial charge < -0.3 is 30.1 Å². The molecule has 0 spiro atoms. The molecule has 3 saturated carbocycles. The van der Waals surface area contributed by atoms with E-state index in [1.807, 2.05) is 0 Å². The second-order valence-corrected chi connectivity index (χ2v) is 15.7. The molecule has 0 unspecified atom stereocenters. The zero-order valence-corrected chi connectivity index (χ0v) is 27.1. The van der Waals surface area contributed by atoms with Gasteiger partial charge in [-0.1, -0.05) is 65.5 Å². The van der Waals surface area contributed by atoms with E-state index in [0.29, 0.717) is 5.41 Å². The first-order valence-corrected chi connectivity index (χ1v) is 17.1. The van der Waals surface area contributed by atoms with E-state index in [2.05, 4.69) is 46.0 Å². The fourth-order valence-electron chi connectivity index (χ4n) is 10.5. The van der Waals surface area contributed by atoms with E-state index in [0.717, 1.165) is 54.8 Å². The molecule has 4 fully saturated rings. The average Bonchev–Trinajstić information content (AvgIpc) is 3.29. The molecule has 0 aromatic rings. The Hall–Kier alpha value is -0.990. The second-order valence-electron chi connectivity index (χ2n) is 15.7. The fraction of sp³-hybridized carbons (Fsp3) is 0.914. The Morgan fingerprint density at radius 1 is 1.07 bits per heavy atom. The minimum atomic E-state index is -1.30. The number of rotatable bonds is 9. The second kappa shape index (κ2) is 12.8. The standard InChI is InChI=1S/C35H59NO6/c1-20(2)8-7-9-21(3)26-12-13-27-25-11-10-23-18-24(14-16-34(23,5)28(25)15-17-35(26,27)6)41-33-30(36-22(4)38)32(40)31(39)29(19-37)42-33/h10,20-21,24-33,37,39-40H,7-9,11-19H2,1-6H3,(H,36,38)/t21-,24-,25-,26+,27-,28-,29+,30+,31+,32+,33+,34-,35+/m0/s1. The molecule has 13 atom stereocenters. The summed E-state index contributed by atoms with van der Waals surface area (Å²) in [6.45, 7) is 13.3. The minimum Gasteiger partial charge on any atom is -0.394 e. The van der Waals surface area contributed by atoms with Crippen LogP contribution < -0.4 is 5.32 Å². The summed E-state index contributed by atoms with van der Waals surface area (Å²) in [6, 6.07) is -0.891. The smallest absolute Gasteiger partial charge is 0.217 e. The molecule has 1 amide bonds. The van der Waals surface area contributed by atoms with Gasteiger partial charge in [-0.25, -0.2) is 0 Å². The summed E-state index contributed by atoms with van der Waals surface area (Å²) in [5.41, 5.74) is 2.18. The summed E-state index contributed by atoms with van der Waals surface area (Å²) >= 11 is 0. The van der Waals surface area contributed by atoms with Gasteiger partial charge in [-0.3, -0.25) is 4.79 Å². The summed E-state index contributed by atoms with van der Waals surface area (Å²) in [5.74, 6) is 4.48. The summed E-state index contributed by atoms with van der Waals surface area (Å²) in [6.07, 6.45) is 11.5. The van der Waals surface area contributed by atoms with Crippen molar-refractivity contribution in [3.63, 3.8) is 0 Å². The van der Waals surface area contributed by atoms with Gasteiger partial charge in [-0.05, 0) is 97.7 Å². The number of carbonyl (C=O) groups excluding carboxylic acids is 1. The van der Waals surface area contributed by atoms with Crippen molar-refractivity contribution in [2.75, 3.05) is 6.61 Å². The molecule has 4 aliphatic carbocycles. The van der Waals surface area contributed by atoms with Crippen LogP contribution in [0.3, 0.4) is 0 Å². The third kappa shape index (κ3) is 5.99. The first-order valence-electron chi connectivity index (χ1n) is 17.1. The normalized spacial score (nSPS) is 45.9. The molecule has 1 aliphatic heterocycles. The number of hydrogen-bond donors (Lipinski definition) is 4. The third-order valence-corrected chi connectivity index (χ3v) is 12.8. The van der Waals surface area contributed by atoms with E-state index in [4.69, 9.17) is 9.47 Å². The highest BCUT2D eigenvalue weighted by atomic mass is 16.7. The molecule has 1 saturated heterocycles. The maximum atomic E-state index is 11.9. The molecule has 0 bridgehead atoms. The highest BCUT2D eigenvalue weighted by Crippen LogP contribution is 2.67. The van der Waals surface area contributed by atoms with Gasteiger partial charge in [0.2, 0.25) is 5.91 Å². The predicted molar refractivity (Wildman–Crippen MR) is 163 cm³/mol. The van der Waals surface area contributed by atoms with Gasteiger partial charge in [0.1, 0.15) is 24.4 Å². The van der Waals surface area contributed by atoms with Crippen LogP contribution in [-0.4, -0.2) is 64.6 Å². The lowest BCUT2D eigenvalue weighted by atomic mass is 9.47. The van der Waals surface area contributed by atoms with Crippen LogP contribution in [-0.2, 0) is 14.3 Å². The Morgan fingerprint density at radius 2 is 1.83 bits per heavy atom. The Bertz CT molecular complexity index is 985. The van der Waals surface area contributed by atoms with Crippen molar-refractivity contribution >= 4 is 5.91 Å². The molecule has 42 heavy (non-hydrogen) atoms. The highest BCUT2D eigenvalue weighted by molar-refractivity contribution is 5.73. The molecule has 7 heteroatoms. The summed E-state index contributed by atoms with van der Waals surface area (Å²) < 4.78 is 12.3. The molecule has 5 aliphatic rings. The van der Waals surface area contributed by atoms with Crippen molar-refractivity contribution in [2.45, 2.75) is 149 Å². The SMILES string of the molecule is CC(=O)N[C@H]1[C@H](O[C@H]2CC[C@@]3(C)C(=CC[C@H]4[C@@H]5CC[C@H]([C@@H](C)CCCC(C)C)[C@@]5(C)CC[C@@H]43)C2)O[C@H](CO)[C@@H](O)[C@@H]1O. The lowest BCUT2D eigenvalue weighted by molar-refractivity contribution is -0.284. The van der Waals surface area contributed by atoms with Crippen LogP contribution in [0.1, 0.15) is 112 Å². The number of ether oxygens (including phenoxy) is 2. The topological polar surface area (TPSA) is 108 Å². The van der Waals surface area contributed by atoms with Crippen molar-refractivity contribution in [3.05, 3.63) is 11.6 Å². The molecule has 0 aromatic heterocycles. The van der Waals surface area contributed by atoms with Gasteiger partial charge in [0.15, 0.2) is 6.29 Å². The monoisotopic (exact) mass is 589 g/mol. The maximum absolute atomic E-state index is 11.9. The largest absolute Gasteiger partial charge is 0.394 e. The number of fused-ring (bicyclic) bond motifs is 5. The highest BCUT2D eigenvalue weighted by Gasteiger charge is 2.59. The Morgan fingerprint density at radius 3 is 2.52 bits per heavy atom. The third-order valence-electron chi connectivity index (χ3n) is 12.8. The molecule has 4 N–H and O–H groups in total. The lowest BCUT2D eigenvalue weighted by Crippen LogP contribution is -2.65. The van der Waals surface area contributed by atoms with Gasteiger partial charge in [-0.15, -0.1) is 0 Å². The van der Waals surface area contributed by atoms with Gasteiger partial charge in [0, 0.05) is 6.92 Å². The molecule has 1 heterocycles. The minimum absolute atomic E-state index is 0.0969. The van der Waals surface area contributed by atoms with Crippen LogP contribution in [0.15, 0.2) is 11.6 Å². The van der Waals surface area contributed by atoms with Gasteiger partial charge >= 0.3 is 0 Å². The fourth-order valence-corrected chi connectivity index (χ4v) is 10.5. The van der Waals surface area contributed by atoms with Crippen LogP contribution in [0, 0.1) is 46.3 Å². The summed E-state index contributed by atoms with van der Waals surface area (Å²) in [7, 11) is 0. The first kappa shape index (κ1) is 32.4. The van der Waals surface area contributed by atoms with E-state index < -0.39 is 37.3 Å². The molecular weight excluding hydrogens is 530 g/mol. The van der Waals surface area contributed by atoms with Gasteiger partial charge in [0.25, 0.3) is 0 Å². The number of allylic oxidation sites excluding steroid dienone is 1. The average molecular weight is 590 g/mol. The van der Waals surface area contributed by atoms with Gasteiger partial charge in [-0.2, -0.15) is 0 Å². The van der Waals surface area contributed by atoms with Crippen molar-refractivity contribution in [2.24, 2.45) is 46.3 Å². The quantitative estimate of drug-likeness (QED) is 0.270. The van der Waals surface area contributed by atoms with Crippen LogP contribution in [0.5, 0.6) is 0 Å². The Balaban J connectivity index is 1.26. The zero-order valence-electron chi connectivity index (χ0n) is 27.1. The lowest BCUT2D eigenvalue weighted by Gasteiger charge is -2.58. The molecule has 7 nitrogen and oxygen atoms in total. The number of aliphatic hydroxyl groups is 3. The van der Waals surface area contributed by atoms with Gasteiger partial charge in [0.05, 0.1) is 12.7 Å². The molecule has 0 aromatic carbocycles. The van der Waals surface area contributed by atoms with E-state index in [-0.39, 0.29) is 17.4 Å². The Kier molecular flexibility index (Phi) is 9.86. The Labute approximate surface area is 254 Å². The number of carbonyl (C=O) groups is 1. The number of nitrogens with one attached hydrogen (secondary N) is 1. The number of amides is 1. The van der Waals surface area contributed by atoms with E-state index >= 15 is 0 Å². The van der Waals surface area contributed by atoms with Crippen LogP contribution in [0.2, 0.25) is 0 Å². The summed E-state index contributed by atoms with van der Waals surface area (Å²) in [5, 5.41) is 33.5. The van der Waals surface area contributed by atoms with E-state index in [1.54, 1.807) is 0 Å². The summed E-state index contributed by atoms with van der Waals surface area (Å²) in [4.78, 5) is 11.9. The maximum Gasteiger partial charge on any atom is 0.217 e. The molecule has 240 valence electrons.